The highest BCUT2D eigenvalue weighted by atomic mass is 79.9. The van der Waals surface area contributed by atoms with Gasteiger partial charge in [0.1, 0.15) is 16.4 Å². The van der Waals surface area contributed by atoms with Crippen molar-refractivity contribution in [1.82, 2.24) is 0 Å². The molecule has 0 atom stereocenters. The van der Waals surface area contributed by atoms with E-state index in [1.807, 2.05) is 6.92 Å². The van der Waals surface area contributed by atoms with Gasteiger partial charge in [-0.05, 0) is 46.6 Å². The third-order valence-corrected chi connectivity index (χ3v) is 4.50. The van der Waals surface area contributed by atoms with Crippen LogP contribution >= 0.6 is 15.9 Å². The second-order valence-corrected chi connectivity index (χ2v) is 6.69. The molecule has 0 aliphatic rings. The van der Waals surface area contributed by atoms with Gasteiger partial charge in [0.25, 0.3) is 0 Å². The fourth-order valence-corrected chi connectivity index (χ4v) is 2.92. The van der Waals surface area contributed by atoms with Crippen molar-refractivity contribution in [2.75, 3.05) is 6.61 Å². The van der Waals surface area contributed by atoms with E-state index < -0.39 is 10.1 Å². The molecule has 2 rings (SSSR count). The third-order valence-electron chi connectivity index (χ3n) is 2.60. The van der Waals surface area contributed by atoms with E-state index in [0.29, 0.717) is 16.8 Å². The highest BCUT2D eigenvalue weighted by molar-refractivity contribution is 9.10. The predicted octanol–water partition coefficient (Wildman–Crippen LogP) is 4.01. The molecule has 0 aromatic heterocycles. The summed E-state index contributed by atoms with van der Waals surface area (Å²) in [4.78, 5) is 0.0562. The molecule has 0 bridgehead atoms. The topological polar surface area (TPSA) is 52.6 Å². The lowest BCUT2D eigenvalue weighted by molar-refractivity contribution is 0.314. The molecule has 0 heterocycles. The number of benzene rings is 2. The molecule has 112 valence electrons. The highest BCUT2D eigenvalue weighted by Gasteiger charge is 2.18. The van der Waals surface area contributed by atoms with Gasteiger partial charge < -0.3 is 8.92 Å². The molecular weight excluding hydrogens is 356 g/mol. The fourth-order valence-electron chi connectivity index (χ4n) is 1.61. The Kier molecular flexibility index (Phi) is 5.25. The Hall–Kier alpha value is -1.53. The van der Waals surface area contributed by atoms with Crippen LogP contribution in [0, 0.1) is 0 Å². The van der Waals surface area contributed by atoms with Crippen molar-refractivity contribution in [2.24, 2.45) is 0 Å². The lowest BCUT2D eigenvalue weighted by atomic mass is 10.3. The summed E-state index contributed by atoms with van der Waals surface area (Å²) in [6.45, 7) is 2.49. The van der Waals surface area contributed by atoms with Gasteiger partial charge in [0, 0.05) is 6.07 Å². The van der Waals surface area contributed by atoms with Gasteiger partial charge in [0.15, 0.2) is 0 Å². The van der Waals surface area contributed by atoms with E-state index in [1.54, 1.807) is 36.4 Å². The number of hydrogen-bond acceptors (Lipinski definition) is 4. The molecule has 0 aliphatic heterocycles. The van der Waals surface area contributed by atoms with Gasteiger partial charge in [-0.25, -0.2) is 0 Å². The minimum atomic E-state index is -3.88. The predicted molar refractivity (Wildman–Crippen MR) is 84.2 cm³/mol. The molecule has 0 saturated carbocycles. The second-order valence-electron chi connectivity index (χ2n) is 4.29. The molecular formula is C15H15BrO4S. The molecule has 0 radical (unpaired) electrons. The molecule has 4 nitrogen and oxygen atoms in total. The maximum absolute atomic E-state index is 12.2. The maximum atomic E-state index is 12.2. The molecule has 2 aromatic rings. The van der Waals surface area contributed by atoms with Gasteiger partial charge in [-0.15, -0.1) is 0 Å². The zero-order valence-electron chi connectivity index (χ0n) is 11.5. The summed E-state index contributed by atoms with van der Waals surface area (Å²) < 4.78 is 35.8. The van der Waals surface area contributed by atoms with E-state index in [2.05, 4.69) is 15.9 Å². The van der Waals surface area contributed by atoms with Crippen molar-refractivity contribution in [3.05, 3.63) is 53.0 Å². The van der Waals surface area contributed by atoms with Gasteiger partial charge >= 0.3 is 10.1 Å². The number of rotatable bonds is 6. The minimum Gasteiger partial charge on any atom is -0.492 e. The Labute approximate surface area is 133 Å². The van der Waals surface area contributed by atoms with Gasteiger partial charge in [-0.2, -0.15) is 8.42 Å². The summed E-state index contributed by atoms with van der Waals surface area (Å²) in [5.41, 5.74) is 0. The quantitative estimate of drug-likeness (QED) is 0.720. The summed E-state index contributed by atoms with van der Waals surface area (Å²) in [6.07, 6.45) is 0.837. The summed E-state index contributed by atoms with van der Waals surface area (Å²) in [6, 6.07) is 12.9. The van der Waals surface area contributed by atoms with Gasteiger partial charge in [0.05, 0.1) is 11.1 Å². The second kappa shape index (κ2) is 6.95. The van der Waals surface area contributed by atoms with Crippen molar-refractivity contribution in [2.45, 2.75) is 18.2 Å². The molecule has 0 saturated heterocycles. The molecule has 21 heavy (non-hydrogen) atoms. The Morgan fingerprint density at radius 1 is 1.10 bits per heavy atom. The molecule has 0 amide bonds. The average Bonchev–Trinajstić information content (AvgIpc) is 2.47. The Balaban J connectivity index is 2.27. The number of ether oxygens (including phenoxy) is 1. The summed E-state index contributed by atoms with van der Waals surface area (Å²) >= 11 is 3.33. The van der Waals surface area contributed by atoms with Crippen LogP contribution in [-0.2, 0) is 10.1 Å². The van der Waals surface area contributed by atoms with Gasteiger partial charge in [-0.1, -0.05) is 25.1 Å². The standard InChI is InChI=1S/C15H15BrO4S/c1-2-10-19-15-11-13(8-9-14(15)16)21(17,18)20-12-6-4-3-5-7-12/h3-9,11H,2,10H2,1H3. The van der Waals surface area contributed by atoms with E-state index in [1.165, 1.54) is 12.1 Å². The Morgan fingerprint density at radius 3 is 2.48 bits per heavy atom. The van der Waals surface area contributed by atoms with Crippen molar-refractivity contribution < 1.29 is 17.3 Å². The molecule has 6 heteroatoms. The van der Waals surface area contributed by atoms with Crippen LogP contribution in [0.2, 0.25) is 0 Å². The van der Waals surface area contributed by atoms with Crippen LogP contribution in [0.5, 0.6) is 11.5 Å². The van der Waals surface area contributed by atoms with Crippen LogP contribution in [0.3, 0.4) is 0 Å². The van der Waals surface area contributed by atoms with Gasteiger partial charge in [-0.3, -0.25) is 0 Å². The van der Waals surface area contributed by atoms with Crippen molar-refractivity contribution in [3.8, 4) is 11.5 Å². The summed E-state index contributed by atoms with van der Waals surface area (Å²) in [5.74, 6) is 0.756. The SMILES string of the molecule is CCCOc1cc(S(=O)(=O)Oc2ccccc2)ccc1Br. The largest absolute Gasteiger partial charge is 0.492 e. The fraction of sp³-hybridized carbons (Fsp3) is 0.200. The number of hydrogen-bond donors (Lipinski definition) is 0. The Morgan fingerprint density at radius 2 is 1.81 bits per heavy atom. The Bertz CT molecular complexity index is 699. The van der Waals surface area contributed by atoms with Crippen LogP contribution in [0.1, 0.15) is 13.3 Å². The van der Waals surface area contributed by atoms with E-state index in [9.17, 15) is 8.42 Å². The van der Waals surface area contributed by atoms with E-state index in [4.69, 9.17) is 8.92 Å². The van der Waals surface area contributed by atoms with Crippen molar-refractivity contribution in [3.63, 3.8) is 0 Å². The first-order valence-corrected chi connectivity index (χ1v) is 8.65. The van der Waals surface area contributed by atoms with Crippen LogP contribution < -0.4 is 8.92 Å². The van der Waals surface area contributed by atoms with E-state index in [-0.39, 0.29) is 10.6 Å². The first kappa shape index (κ1) is 15.9. The number of halogens is 1. The average molecular weight is 371 g/mol. The molecule has 2 aromatic carbocycles. The van der Waals surface area contributed by atoms with E-state index in [0.717, 1.165) is 6.42 Å². The first-order chi connectivity index (χ1) is 10.0. The zero-order valence-corrected chi connectivity index (χ0v) is 13.9. The van der Waals surface area contributed by atoms with Crippen LogP contribution in [-0.4, -0.2) is 15.0 Å². The van der Waals surface area contributed by atoms with Crippen molar-refractivity contribution in [1.29, 1.82) is 0 Å². The summed E-state index contributed by atoms with van der Waals surface area (Å²) in [7, 11) is -3.88. The van der Waals surface area contributed by atoms with Crippen LogP contribution in [0.25, 0.3) is 0 Å². The molecule has 0 spiro atoms. The normalized spacial score (nSPS) is 11.1. The van der Waals surface area contributed by atoms with E-state index >= 15 is 0 Å². The summed E-state index contributed by atoms with van der Waals surface area (Å²) in [5, 5.41) is 0. The molecule has 0 unspecified atom stereocenters. The lowest BCUT2D eigenvalue weighted by Gasteiger charge is -2.10. The lowest BCUT2D eigenvalue weighted by Crippen LogP contribution is -2.10. The minimum absolute atomic E-state index is 0.0562. The van der Waals surface area contributed by atoms with Crippen LogP contribution in [0.15, 0.2) is 57.9 Å². The third kappa shape index (κ3) is 4.22. The maximum Gasteiger partial charge on any atom is 0.339 e. The first-order valence-electron chi connectivity index (χ1n) is 6.45. The van der Waals surface area contributed by atoms with Gasteiger partial charge in [0.2, 0.25) is 0 Å². The van der Waals surface area contributed by atoms with Crippen LogP contribution in [0.4, 0.5) is 0 Å². The molecule has 0 aliphatic carbocycles. The molecule has 0 N–H and O–H groups in total. The number of para-hydroxylation sites is 1. The zero-order chi connectivity index (χ0) is 15.3. The smallest absolute Gasteiger partial charge is 0.339 e. The molecule has 0 fully saturated rings. The van der Waals surface area contributed by atoms with Crippen molar-refractivity contribution >= 4 is 26.0 Å². The highest BCUT2D eigenvalue weighted by Crippen LogP contribution is 2.29. The monoisotopic (exact) mass is 370 g/mol.